The molecule has 0 radical (unpaired) electrons. The summed E-state index contributed by atoms with van der Waals surface area (Å²) in [6.07, 6.45) is 1.65. The number of rotatable bonds is 5. The summed E-state index contributed by atoms with van der Waals surface area (Å²) in [7, 11) is 0. The van der Waals surface area contributed by atoms with Crippen LogP contribution in [0, 0.1) is 5.92 Å². The molecule has 0 bridgehead atoms. The Balaban J connectivity index is 1.72. The number of amides is 1. The van der Waals surface area contributed by atoms with Gasteiger partial charge in [-0.05, 0) is 19.3 Å². The highest BCUT2D eigenvalue weighted by Crippen LogP contribution is 2.23. The summed E-state index contributed by atoms with van der Waals surface area (Å²) in [5, 5.41) is 24.8. The van der Waals surface area contributed by atoms with Crippen LogP contribution in [-0.2, 0) is 17.8 Å². The average molecular weight is 284 g/mol. The van der Waals surface area contributed by atoms with Crippen LogP contribution in [0.2, 0.25) is 0 Å². The maximum absolute atomic E-state index is 11.9. The normalized spacial score (nSPS) is 26.4. The summed E-state index contributed by atoms with van der Waals surface area (Å²) in [6.45, 7) is 0.110. The summed E-state index contributed by atoms with van der Waals surface area (Å²) in [5.41, 5.74) is 5.76. The Morgan fingerprint density at radius 1 is 1.50 bits per heavy atom. The lowest BCUT2D eigenvalue weighted by atomic mass is 9.84. The fourth-order valence-corrected chi connectivity index (χ4v) is 2.33. The molecule has 112 valence electrons. The average Bonchev–Trinajstić information content (AvgIpc) is 2.89. The van der Waals surface area contributed by atoms with Gasteiger partial charge in [-0.2, -0.15) is 4.98 Å². The Morgan fingerprint density at radius 2 is 2.30 bits per heavy atom. The SMILES string of the molecule is N[C@@H]1C[C@@H](C(=O)NCCc2noc(CO)n2)CC[C@H]1O. The second-order valence-corrected chi connectivity index (χ2v) is 5.04. The first-order chi connectivity index (χ1) is 9.60. The topological polar surface area (TPSA) is 134 Å². The third kappa shape index (κ3) is 3.75. The van der Waals surface area contributed by atoms with Crippen molar-refractivity contribution in [3.05, 3.63) is 11.7 Å². The van der Waals surface area contributed by atoms with Crippen molar-refractivity contribution in [1.82, 2.24) is 15.5 Å². The van der Waals surface area contributed by atoms with Gasteiger partial charge in [0.05, 0.1) is 6.10 Å². The van der Waals surface area contributed by atoms with Crippen LogP contribution in [-0.4, -0.2) is 45.0 Å². The van der Waals surface area contributed by atoms with Crippen molar-refractivity contribution in [3.63, 3.8) is 0 Å². The van der Waals surface area contributed by atoms with Crippen LogP contribution < -0.4 is 11.1 Å². The smallest absolute Gasteiger partial charge is 0.252 e. The predicted molar refractivity (Wildman–Crippen MR) is 68.3 cm³/mol. The largest absolute Gasteiger partial charge is 0.392 e. The molecule has 1 aromatic heterocycles. The van der Waals surface area contributed by atoms with Crippen molar-refractivity contribution in [2.24, 2.45) is 11.7 Å². The lowest BCUT2D eigenvalue weighted by Crippen LogP contribution is -2.45. The van der Waals surface area contributed by atoms with Gasteiger partial charge in [0.25, 0.3) is 5.89 Å². The Bertz CT molecular complexity index is 450. The number of aliphatic hydroxyl groups is 2. The third-order valence-electron chi connectivity index (χ3n) is 3.53. The molecule has 1 aliphatic carbocycles. The molecule has 0 aliphatic heterocycles. The summed E-state index contributed by atoms with van der Waals surface area (Å²) in [4.78, 5) is 15.9. The Hall–Kier alpha value is -1.51. The standard InChI is InChI=1S/C12H20N4O4/c13-8-5-7(1-2-9(8)18)12(19)14-4-3-10-15-11(6-17)20-16-10/h7-9,17-18H,1-6,13H2,(H,14,19)/t7-,8+,9+/m0/s1. The molecule has 1 fully saturated rings. The number of nitrogens with two attached hydrogens (primary N) is 1. The van der Waals surface area contributed by atoms with Gasteiger partial charge in [0.1, 0.15) is 6.61 Å². The minimum absolute atomic E-state index is 0.0572. The first-order valence-corrected chi connectivity index (χ1v) is 6.74. The van der Waals surface area contributed by atoms with Gasteiger partial charge in [-0.1, -0.05) is 5.16 Å². The molecule has 0 unspecified atom stereocenters. The second-order valence-electron chi connectivity index (χ2n) is 5.04. The summed E-state index contributed by atoms with van der Waals surface area (Å²) >= 11 is 0. The maximum atomic E-state index is 11.9. The highest BCUT2D eigenvalue weighted by atomic mass is 16.5. The highest BCUT2D eigenvalue weighted by molar-refractivity contribution is 5.78. The van der Waals surface area contributed by atoms with Crippen molar-refractivity contribution in [2.75, 3.05) is 6.54 Å². The summed E-state index contributed by atoms with van der Waals surface area (Å²) in [6, 6.07) is -0.330. The number of hydrogen-bond acceptors (Lipinski definition) is 7. The van der Waals surface area contributed by atoms with Crippen molar-refractivity contribution < 1.29 is 19.5 Å². The van der Waals surface area contributed by atoms with E-state index in [0.29, 0.717) is 38.1 Å². The zero-order chi connectivity index (χ0) is 14.5. The molecule has 5 N–H and O–H groups in total. The first kappa shape index (κ1) is 14.9. The Morgan fingerprint density at radius 3 is 2.95 bits per heavy atom. The molecule has 20 heavy (non-hydrogen) atoms. The lowest BCUT2D eigenvalue weighted by molar-refractivity contribution is -0.126. The van der Waals surface area contributed by atoms with Crippen molar-refractivity contribution >= 4 is 5.91 Å². The van der Waals surface area contributed by atoms with Crippen molar-refractivity contribution in [3.8, 4) is 0 Å². The van der Waals surface area contributed by atoms with E-state index < -0.39 is 6.10 Å². The molecule has 8 nitrogen and oxygen atoms in total. The Labute approximate surface area is 116 Å². The Kier molecular flexibility index (Phi) is 5.05. The summed E-state index contributed by atoms with van der Waals surface area (Å²) in [5.74, 6) is 0.411. The van der Waals surface area contributed by atoms with Gasteiger partial charge in [0.15, 0.2) is 5.82 Å². The number of nitrogens with one attached hydrogen (secondary N) is 1. The van der Waals surface area contributed by atoms with E-state index in [4.69, 9.17) is 15.4 Å². The first-order valence-electron chi connectivity index (χ1n) is 6.74. The van der Waals surface area contributed by atoms with E-state index in [-0.39, 0.29) is 30.4 Å². The van der Waals surface area contributed by atoms with E-state index in [1.165, 1.54) is 0 Å². The number of carbonyl (C=O) groups is 1. The zero-order valence-electron chi connectivity index (χ0n) is 11.2. The maximum Gasteiger partial charge on any atom is 0.252 e. The van der Waals surface area contributed by atoms with E-state index in [1.54, 1.807) is 0 Å². The van der Waals surface area contributed by atoms with E-state index in [2.05, 4.69) is 15.5 Å². The fourth-order valence-electron chi connectivity index (χ4n) is 2.33. The highest BCUT2D eigenvalue weighted by Gasteiger charge is 2.30. The van der Waals surface area contributed by atoms with E-state index in [1.807, 2.05) is 0 Å². The molecule has 0 saturated heterocycles. The molecule has 8 heteroatoms. The monoisotopic (exact) mass is 284 g/mol. The van der Waals surface area contributed by atoms with Gasteiger partial charge in [-0.15, -0.1) is 0 Å². The summed E-state index contributed by atoms with van der Waals surface area (Å²) < 4.78 is 4.75. The van der Waals surface area contributed by atoms with Gasteiger partial charge in [0.2, 0.25) is 5.91 Å². The number of aromatic nitrogens is 2. The molecular weight excluding hydrogens is 264 g/mol. The molecule has 1 amide bonds. The van der Waals surface area contributed by atoms with Crippen LogP contribution in [0.3, 0.4) is 0 Å². The van der Waals surface area contributed by atoms with Crippen LogP contribution in [0.25, 0.3) is 0 Å². The molecule has 1 heterocycles. The molecule has 0 spiro atoms. The van der Waals surface area contributed by atoms with E-state index in [9.17, 15) is 9.90 Å². The molecule has 2 rings (SSSR count). The van der Waals surface area contributed by atoms with Gasteiger partial charge < -0.3 is 25.8 Å². The van der Waals surface area contributed by atoms with Gasteiger partial charge in [-0.3, -0.25) is 4.79 Å². The number of nitrogens with zero attached hydrogens (tertiary/aromatic N) is 2. The van der Waals surface area contributed by atoms with Crippen LogP contribution >= 0.6 is 0 Å². The zero-order valence-corrected chi connectivity index (χ0v) is 11.2. The van der Waals surface area contributed by atoms with Crippen molar-refractivity contribution in [2.45, 2.75) is 44.4 Å². The molecule has 1 aliphatic rings. The minimum Gasteiger partial charge on any atom is -0.392 e. The van der Waals surface area contributed by atoms with Gasteiger partial charge >= 0.3 is 0 Å². The molecule has 1 saturated carbocycles. The molecule has 3 atom stereocenters. The van der Waals surface area contributed by atoms with Crippen LogP contribution in [0.5, 0.6) is 0 Å². The van der Waals surface area contributed by atoms with Crippen molar-refractivity contribution in [1.29, 1.82) is 0 Å². The fraction of sp³-hybridized carbons (Fsp3) is 0.750. The van der Waals surface area contributed by atoms with Gasteiger partial charge in [-0.25, -0.2) is 0 Å². The molecular formula is C12H20N4O4. The van der Waals surface area contributed by atoms with E-state index in [0.717, 1.165) is 0 Å². The number of carbonyl (C=O) groups excluding carboxylic acids is 1. The van der Waals surface area contributed by atoms with E-state index >= 15 is 0 Å². The quantitative estimate of drug-likeness (QED) is 0.528. The van der Waals surface area contributed by atoms with Gasteiger partial charge in [0, 0.05) is 24.9 Å². The number of aliphatic hydroxyl groups excluding tert-OH is 2. The van der Waals surface area contributed by atoms with Crippen LogP contribution in [0.15, 0.2) is 4.52 Å². The minimum atomic E-state index is -0.504. The van der Waals surface area contributed by atoms with Crippen LogP contribution in [0.4, 0.5) is 0 Å². The third-order valence-corrected chi connectivity index (χ3v) is 3.53. The molecule has 1 aromatic rings. The number of hydrogen-bond donors (Lipinski definition) is 4. The van der Waals surface area contributed by atoms with Crippen LogP contribution in [0.1, 0.15) is 31.0 Å². The second kappa shape index (κ2) is 6.78. The lowest BCUT2D eigenvalue weighted by Gasteiger charge is -2.29. The predicted octanol–water partition coefficient (Wildman–Crippen LogP) is -1.29. The molecule has 0 aromatic carbocycles.